The number of amides is 1. The minimum Gasteiger partial charge on any atom is -0.480 e. The second-order valence-corrected chi connectivity index (χ2v) is 6.09. The lowest BCUT2D eigenvalue weighted by Crippen LogP contribution is -2.42. The lowest BCUT2D eigenvalue weighted by Gasteiger charge is -2.16. The highest BCUT2D eigenvalue weighted by Crippen LogP contribution is 2.18. The van der Waals surface area contributed by atoms with E-state index in [0.29, 0.717) is 0 Å². The molecule has 2 N–H and O–H groups in total. The fourth-order valence-electron chi connectivity index (χ4n) is 2.23. The van der Waals surface area contributed by atoms with Crippen LogP contribution in [0.25, 0.3) is 0 Å². The zero-order chi connectivity index (χ0) is 18.4. The third kappa shape index (κ3) is 4.90. The van der Waals surface area contributed by atoms with Crippen molar-refractivity contribution in [2.24, 2.45) is 0 Å². The molecule has 2 aromatic carbocycles. The van der Waals surface area contributed by atoms with E-state index in [0.717, 1.165) is 10.0 Å². The predicted octanol–water partition coefficient (Wildman–Crippen LogP) is 2.66. The van der Waals surface area contributed by atoms with Crippen molar-refractivity contribution in [1.82, 2.24) is 5.32 Å². The van der Waals surface area contributed by atoms with Crippen LogP contribution in [-0.2, 0) is 16.0 Å². The van der Waals surface area contributed by atoms with Gasteiger partial charge in [-0.1, -0.05) is 40.2 Å². The molecule has 0 aliphatic rings. The van der Waals surface area contributed by atoms with Crippen LogP contribution >= 0.6 is 15.9 Å². The standard InChI is InChI=1S/C18H16BrNO5/c1-25-18(24)13-7-4-6-12(9-13)16(21)20-15(17(22)23)10-11-5-2-3-8-14(11)19/h2-9,15H,10H2,1H3,(H,20,21)(H,22,23)/t15-/m1/s1. The number of nitrogens with one attached hydrogen (secondary N) is 1. The number of ether oxygens (including phenoxy) is 1. The number of hydrogen-bond donors (Lipinski definition) is 2. The summed E-state index contributed by atoms with van der Waals surface area (Å²) in [4.78, 5) is 35.4. The van der Waals surface area contributed by atoms with Gasteiger partial charge in [-0.25, -0.2) is 9.59 Å². The van der Waals surface area contributed by atoms with Gasteiger partial charge in [0.25, 0.3) is 5.91 Å². The summed E-state index contributed by atoms with van der Waals surface area (Å²) in [5, 5.41) is 11.9. The van der Waals surface area contributed by atoms with E-state index < -0.39 is 23.9 Å². The van der Waals surface area contributed by atoms with Gasteiger partial charge in [-0.3, -0.25) is 4.79 Å². The van der Waals surface area contributed by atoms with E-state index in [2.05, 4.69) is 26.0 Å². The van der Waals surface area contributed by atoms with E-state index in [-0.39, 0.29) is 17.5 Å². The molecule has 130 valence electrons. The average Bonchev–Trinajstić information content (AvgIpc) is 2.62. The largest absolute Gasteiger partial charge is 0.480 e. The van der Waals surface area contributed by atoms with Crippen molar-refractivity contribution in [3.8, 4) is 0 Å². The van der Waals surface area contributed by atoms with Gasteiger partial charge in [0.15, 0.2) is 0 Å². The first-order chi connectivity index (χ1) is 11.9. The molecule has 25 heavy (non-hydrogen) atoms. The molecule has 1 atom stereocenters. The van der Waals surface area contributed by atoms with Gasteiger partial charge in [0, 0.05) is 16.5 Å². The first-order valence-electron chi connectivity index (χ1n) is 7.38. The SMILES string of the molecule is COC(=O)c1cccc(C(=O)N[C@H](Cc2ccccc2Br)C(=O)O)c1. The molecule has 2 rings (SSSR count). The molecule has 0 unspecified atom stereocenters. The number of hydrogen-bond acceptors (Lipinski definition) is 4. The fraction of sp³-hybridized carbons (Fsp3) is 0.167. The Kier molecular flexibility index (Phi) is 6.30. The second kappa shape index (κ2) is 8.43. The predicted molar refractivity (Wildman–Crippen MR) is 94.5 cm³/mol. The summed E-state index contributed by atoms with van der Waals surface area (Å²) in [5.41, 5.74) is 1.16. The van der Waals surface area contributed by atoms with Gasteiger partial charge in [-0.05, 0) is 29.8 Å². The first kappa shape index (κ1) is 18.7. The lowest BCUT2D eigenvalue weighted by molar-refractivity contribution is -0.139. The quantitative estimate of drug-likeness (QED) is 0.720. The Morgan fingerprint density at radius 1 is 1.12 bits per heavy atom. The Bertz CT molecular complexity index is 806. The van der Waals surface area contributed by atoms with E-state index in [1.807, 2.05) is 6.07 Å². The molecular formula is C18H16BrNO5. The molecule has 2 aromatic rings. The number of benzene rings is 2. The Hall–Kier alpha value is -2.67. The van der Waals surface area contributed by atoms with Crippen LogP contribution in [0.2, 0.25) is 0 Å². The number of rotatable bonds is 6. The third-order valence-corrected chi connectivity index (χ3v) is 4.30. The summed E-state index contributed by atoms with van der Waals surface area (Å²) < 4.78 is 5.38. The molecule has 0 aliphatic carbocycles. The Labute approximate surface area is 152 Å². The summed E-state index contributed by atoms with van der Waals surface area (Å²) in [5.74, 6) is -2.30. The van der Waals surface area contributed by atoms with Crippen molar-refractivity contribution < 1.29 is 24.2 Å². The number of aliphatic carboxylic acids is 1. The monoisotopic (exact) mass is 405 g/mol. The van der Waals surface area contributed by atoms with E-state index in [4.69, 9.17) is 0 Å². The number of carboxylic acid groups (broad SMARTS) is 1. The van der Waals surface area contributed by atoms with Gasteiger partial charge in [-0.2, -0.15) is 0 Å². The molecule has 0 fully saturated rings. The average molecular weight is 406 g/mol. The van der Waals surface area contributed by atoms with Crippen LogP contribution in [0.1, 0.15) is 26.3 Å². The zero-order valence-corrected chi connectivity index (χ0v) is 14.9. The van der Waals surface area contributed by atoms with Crippen molar-refractivity contribution in [1.29, 1.82) is 0 Å². The molecule has 1 amide bonds. The molecular weight excluding hydrogens is 390 g/mol. The number of halogens is 1. The van der Waals surface area contributed by atoms with Crippen LogP contribution in [-0.4, -0.2) is 36.1 Å². The molecule has 0 aliphatic heterocycles. The van der Waals surface area contributed by atoms with Crippen molar-refractivity contribution in [2.75, 3.05) is 7.11 Å². The molecule has 0 saturated carbocycles. The molecule has 0 radical (unpaired) electrons. The molecule has 0 aromatic heterocycles. The van der Waals surface area contributed by atoms with Gasteiger partial charge >= 0.3 is 11.9 Å². The number of esters is 1. The molecule has 0 bridgehead atoms. The summed E-state index contributed by atoms with van der Waals surface area (Å²) >= 11 is 3.36. The van der Waals surface area contributed by atoms with E-state index in [1.54, 1.807) is 18.2 Å². The van der Waals surface area contributed by atoms with Crippen LogP contribution in [0.15, 0.2) is 53.0 Å². The molecule has 0 spiro atoms. The number of carboxylic acids is 1. The van der Waals surface area contributed by atoms with Crippen LogP contribution in [0.3, 0.4) is 0 Å². The highest BCUT2D eigenvalue weighted by atomic mass is 79.9. The van der Waals surface area contributed by atoms with Gasteiger partial charge in [0.05, 0.1) is 12.7 Å². The fourth-order valence-corrected chi connectivity index (χ4v) is 2.68. The maximum Gasteiger partial charge on any atom is 0.337 e. The summed E-state index contributed by atoms with van der Waals surface area (Å²) in [6.45, 7) is 0. The Morgan fingerprint density at radius 3 is 2.44 bits per heavy atom. The summed E-state index contributed by atoms with van der Waals surface area (Å²) in [7, 11) is 1.24. The van der Waals surface area contributed by atoms with Crippen LogP contribution in [0, 0.1) is 0 Å². The maximum atomic E-state index is 12.4. The highest BCUT2D eigenvalue weighted by molar-refractivity contribution is 9.10. The molecule has 6 nitrogen and oxygen atoms in total. The Balaban J connectivity index is 2.17. The van der Waals surface area contributed by atoms with E-state index in [1.165, 1.54) is 31.4 Å². The maximum absolute atomic E-state index is 12.4. The lowest BCUT2D eigenvalue weighted by atomic mass is 10.0. The summed E-state index contributed by atoms with van der Waals surface area (Å²) in [6, 6.07) is 12.0. The van der Waals surface area contributed by atoms with Gasteiger partial charge in [-0.15, -0.1) is 0 Å². The Morgan fingerprint density at radius 2 is 1.80 bits per heavy atom. The molecule has 7 heteroatoms. The van der Waals surface area contributed by atoms with E-state index >= 15 is 0 Å². The zero-order valence-electron chi connectivity index (χ0n) is 13.4. The minimum atomic E-state index is -1.15. The van der Waals surface area contributed by atoms with Gasteiger partial charge in [0.2, 0.25) is 0 Å². The number of carbonyl (C=O) groups excluding carboxylic acids is 2. The van der Waals surface area contributed by atoms with Gasteiger partial charge < -0.3 is 15.2 Å². The van der Waals surface area contributed by atoms with Crippen LogP contribution in [0.4, 0.5) is 0 Å². The van der Waals surface area contributed by atoms with Gasteiger partial charge in [0.1, 0.15) is 6.04 Å². The van der Waals surface area contributed by atoms with Crippen molar-refractivity contribution in [2.45, 2.75) is 12.5 Å². The van der Waals surface area contributed by atoms with Crippen molar-refractivity contribution >= 4 is 33.8 Å². The van der Waals surface area contributed by atoms with Crippen LogP contribution in [0.5, 0.6) is 0 Å². The summed E-state index contributed by atoms with van der Waals surface area (Å²) in [6.07, 6.45) is 0.124. The third-order valence-electron chi connectivity index (χ3n) is 3.53. The second-order valence-electron chi connectivity index (χ2n) is 5.23. The number of methoxy groups -OCH3 is 1. The topological polar surface area (TPSA) is 92.7 Å². The minimum absolute atomic E-state index is 0.124. The van der Waals surface area contributed by atoms with E-state index in [9.17, 15) is 19.5 Å². The van der Waals surface area contributed by atoms with Crippen molar-refractivity contribution in [3.05, 3.63) is 69.7 Å². The van der Waals surface area contributed by atoms with Crippen LogP contribution < -0.4 is 5.32 Å². The highest BCUT2D eigenvalue weighted by Gasteiger charge is 2.22. The van der Waals surface area contributed by atoms with Crippen molar-refractivity contribution in [3.63, 3.8) is 0 Å². The number of carbonyl (C=O) groups is 3. The molecule has 0 saturated heterocycles. The smallest absolute Gasteiger partial charge is 0.337 e. The molecule has 0 heterocycles. The normalized spacial score (nSPS) is 11.4. The first-order valence-corrected chi connectivity index (χ1v) is 8.17.